The number of ether oxygens (including phenoxy) is 1. The van der Waals surface area contributed by atoms with Crippen molar-refractivity contribution in [2.75, 3.05) is 6.61 Å². The Balaban J connectivity index is 3.10. The van der Waals surface area contributed by atoms with Crippen LogP contribution >= 0.6 is 11.6 Å². The normalized spacial score (nSPS) is 10.2. The van der Waals surface area contributed by atoms with Gasteiger partial charge in [-0.3, -0.25) is 0 Å². The fourth-order valence-electron chi connectivity index (χ4n) is 0.466. The van der Waals surface area contributed by atoms with E-state index in [1.165, 1.54) is 0 Å². The van der Waals surface area contributed by atoms with E-state index < -0.39 is 5.43 Å². The Morgan fingerprint density at radius 1 is 1.60 bits per heavy atom. The Morgan fingerprint density at radius 2 is 2.30 bits per heavy atom. The predicted octanol–water partition coefficient (Wildman–Crippen LogP) is 2.72. The SMILES string of the molecule is CCC/C=C/COC(=O)Cl. The smallest absolute Gasteiger partial charge is 0.404 e. The average molecular weight is 163 g/mol. The van der Waals surface area contributed by atoms with Crippen molar-refractivity contribution in [2.24, 2.45) is 0 Å². The van der Waals surface area contributed by atoms with Gasteiger partial charge in [-0.2, -0.15) is 0 Å². The molecule has 0 rings (SSSR count). The quantitative estimate of drug-likeness (QED) is 0.469. The number of rotatable bonds is 4. The summed E-state index contributed by atoms with van der Waals surface area (Å²) in [5.41, 5.74) is -0.749. The fraction of sp³-hybridized carbons (Fsp3) is 0.571. The molecule has 2 nitrogen and oxygen atoms in total. The van der Waals surface area contributed by atoms with Crippen LogP contribution in [0, 0.1) is 0 Å². The highest BCUT2D eigenvalue weighted by atomic mass is 35.5. The number of carbonyl (C=O) groups is 1. The van der Waals surface area contributed by atoms with Gasteiger partial charge >= 0.3 is 5.43 Å². The molecule has 58 valence electrons. The van der Waals surface area contributed by atoms with E-state index in [2.05, 4.69) is 11.7 Å². The summed E-state index contributed by atoms with van der Waals surface area (Å²) in [6.45, 7) is 2.36. The standard InChI is InChI=1S/C7H11ClO2/c1-2-3-4-5-6-10-7(8)9/h4-5H,2-3,6H2,1H3/b5-4+. The molecular weight excluding hydrogens is 152 g/mol. The lowest BCUT2D eigenvalue weighted by atomic mass is 10.3. The molecular formula is C7H11ClO2. The van der Waals surface area contributed by atoms with Gasteiger partial charge in [-0.15, -0.1) is 0 Å². The van der Waals surface area contributed by atoms with E-state index in [1.54, 1.807) is 6.08 Å². The molecule has 0 atom stereocenters. The summed E-state index contributed by atoms with van der Waals surface area (Å²) in [6, 6.07) is 0. The third-order valence-corrected chi connectivity index (χ3v) is 1.02. The average Bonchev–Trinajstić information content (AvgIpc) is 1.87. The van der Waals surface area contributed by atoms with Gasteiger partial charge in [0.25, 0.3) is 0 Å². The van der Waals surface area contributed by atoms with E-state index in [4.69, 9.17) is 11.6 Å². The third-order valence-electron chi connectivity index (χ3n) is 0.915. The van der Waals surface area contributed by atoms with Gasteiger partial charge in [0.1, 0.15) is 6.61 Å². The summed E-state index contributed by atoms with van der Waals surface area (Å²) in [4.78, 5) is 9.99. The highest BCUT2D eigenvalue weighted by molar-refractivity contribution is 6.61. The van der Waals surface area contributed by atoms with E-state index >= 15 is 0 Å². The van der Waals surface area contributed by atoms with E-state index in [0.29, 0.717) is 0 Å². The van der Waals surface area contributed by atoms with Crippen molar-refractivity contribution in [3.63, 3.8) is 0 Å². The van der Waals surface area contributed by atoms with Crippen molar-refractivity contribution in [2.45, 2.75) is 19.8 Å². The molecule has 0 N–H and O–H groups in total. The molecule has 0 amide bonds. The van der Waals surface area contributed by atoms with Crippen LogP contribution in [0.2, 0.25) is 0 Å². The van der Waals surface area contributed by atoms with E-state index in [1.807, 2.05) is 6.08 Å². The van der Waals surface area contributed by atoms with Gasteiger partial charge < -0.3 is 4.74 Å². The Bertz CT molecular complexity index is 121. The van der Waals surface area contributed by atoms with Crippen LogP contribution in [-0.2, 0) is 4.74 Å². The van der Waals surface area contributed by atoms with Crippen LogP contribution in [0.25, 0.3) is 0 Å². The molecule has 0 aliphatic rings. The fourth-order valence-corrected chi connectivity index (χ4v) is 0.529. The molecule has 0 saturated carbocycles. The monoisotopic (exact) mass is 162 g/mol. The molecule has 0 aromatic rings. The first-order chi connectivity index (χ1) is 4.77. The molecule has 3 heteroatoms. The first-order valence-electron chi connectivity index (χ1n) is 3.24. The maximum atomic E-state index is 9.99. The van der Waals surface area contributed by atoms with Crippen molar-refractivity contribution in [1.82, 2.24) is 0 Å². The molecule has 0 saturated heterocycles. The molecule has 0 bridgehead atoms. The van der Waals surface area contributed by atoms with Crippen LogP contribution < -0.4 is 0 Å². The minimum Gasteiger partial charge on any atom is -0.449 e. The van der Waals surface area contributed by atoms with Gasteiger partial charge in [0, 0.05) is 11.6 Å². The third kappa shape index (κ3) is 7.50. The summed E-state index contributed by atoms with van der Waals surface area (Å²) in [7, 11) is 0. The number of hydrogen-bond acceptors (Lipinski definition) is 2. The number of hydrogen-bond donors (Lipinski definition) is 0. The molecule has 0 aromatic carbocycles. The number of halogens is 1. The molecule has 0 aliphatic carbocycles. The Labute approximate surface area is 65.8 Å². The topological polar surface area (TPSA) is 26.3 Å². The molecule has 0 radical (unpaired) electrons. The molecule has 0 aliphatic heterocycles. The Hall–Kier alpha value is -0.500. The summed E-state index contributed by atoms with van der Waals surface area (Å²) >= 11 is 4.90. The highest BCUT2D eigenvalue weighted by Gasteiger charge is 1.88. The van der Waals surface area contributed by atoms with Gasteiger partial charge in [-0.25, -0.2) is 4.79 Å². The Morgan fingerprint density at radius 3 is 2.80 bits per heavy atom. The van der Waals surface area contributed by atoms with Crippen LogP contribution in [0.1, 0.15) is 19.8 Å². The van der Waals surface area contributed by atoms with Crippen molar-refractivity contribution in [3.8, 4) is 0 Å². The van der Waals surface area contributed by atoms with Gasteiger partial charge in [0.2, 0.25) is 0 Å². The van der Waals surface area contributed by atoms with Crippen molar-refractivity contribution < 1.29 is 9.53 Å². The second-order valence-electron chi connectivity index (χ2n) is 1.81. The van der Waals surface area contributed by atoms with E-state index in [9.17, 15) is 4.79 Å². The first kappa shape index (κ1) is 9.50. The van der Waals surface area contributed by atoms with E-state index in [-0.39, 0.29) is 6.61 Å². The molecule has 0 heterocycles. The lowest BCUT2D eigenvalue weighted by molar-refractivity contribution is 0.186. The lowest BCUT2D eigenvalue weighted by Gasteiger charge is -1.91. The minimum absolute atomic E-state index is 0.280. The van der Waals surface area contributed by atoms with Crippen molar-refractivity contribution in [3.05, 3.63) is 12.2 Å². The second kappa shape index (κ2) is 6.62. The molecule has 0 unspecified atom stereocenters. The van der Waals surface area contributed by atoms with Crippen LogP contribution in [0.15, 0.2) is 12.2 Å². The zero-order chi connectivity index (χ0) is 7.82. The number of allylic oxidation sites excluding steroid dienone is 1. The number of carbonyl (C=O) groups excluding carboxylic acids is 1. The highest BCUT2D eigenvalue weighted by Crippen LogP contribution is 1.90. The molecule has 0 fully saturated rings. The summed E-state index contributed by atoms with van der Waals surface area (Å²) in [5.74, 6) is 0. The van der Waals surface area contributed by atoms with Crippen LogP contribution in [0.4, 0.5) is 4.79 Å². The maximum absolute atomic E-state index is 9.99. The summed E-state index contributed by atoms with van der Waals surface area (Å²) in [5, 5.41) is 0. The van der Waals surface area contributed by atoms with E-state index in [0.717, 1.165) is 12.8 Å². The van der Waals surface area contributed by atoms with Crippen molar-refractivity contribution in [1.29, 1.82) is 0 Å². The van der Waals surface area contributed by atoms with Crippen LogP contribution in [-0.4, -0.2) is 12.0 Å². The predicted molar refractivity (Wildman–Crippen MR) is 41.2 cm³/mol. The van der Waals surface area contributed by atoms with Crippen LogP contribution in [0.3, 0.4) is 0 Å². The zero-order valence-corrected chi connectivity index (χ0v) is 6.73. The lowest BCUT2D eigenvalue weighted by Crippen LogP contribution is -1.91. The molecule has 0 aromatic heterocycles. The minimum atomic E-state index is -0.749. The molecule has 10 heavy (non-hydrogen) atoms. The summed E-state index contributed by atoms with van der Waals surface area (Å²) in [6.07, 6.45) is 5.86. The first-order valence-corrected chi connectivity index (χ1v) is 3.62. The Kier molecular flexibility index (Phi) is 6.29. The van der Waals surface area contributed by atoms with Crippen LogP contribution in [0.5, 0.6) is 0 Å². The van der Waals surface area contributed by atoms with Gasteiger partial charge in [-0.1, -0.05) is 25.5 Å². The second-order valence-corrected chi connectivity index (χ2v) is 2.12. The van der Waals surface area contributed by atoms with Gasteiger partial charge in [0.05, 0.1) is 0 Å². The zero-order valence-electron chi connectivity index (χ0n) is 5.97. The maximum Gasteiger partial charge on any atom is 0.404 e. The van der Waals surface area contributed by atoms with Gasteiger partial charge in [-0.05, 0) is 6.42 Å². The summed E-state index contributed by atoms with van der Waals surface area (Å²) < 4.78 is 4.43. The van der Waals surface area contributed by atoms with Crippen molar-refractivity contribution >= 4 is 17.0 Å². The van der Waals surface area contributed by atoms with Gasteiger partial charge in [0.15, 0.2) is 0 Å². The molecule has 0 spiro atoms. The largest absolute Gasteiger partial charge is 0.449 e. The number of unbranched alkanes of at least 4 members (excludes halogenated alkanes) is 1.